The first kappa shape index (κ1) is 20.3. The fourth-order valence-corrected chi connectivity index (χ4v) is 6.08. The van der Waals surface area contributed by atoms with Gasteiger partial charge in [0.15, 0.2) is 0 Å². The van der Waals surface area contributed by atoms with E-state index in [1.54, 1.807) is 32.9 Å². The molecule has 0 radical (unpaired) electrons. The molecule has 23 heavy (non-hydrogen) atoms. The summed E-state index contributed by atoms with van der Waals surface area (Å²) in [5, 5.41) is 2.69. The van der Waals surface area contributed by atoms with Crippen LogP contribution in [0, 0.1) is 6.92 Å². The van der Waals surface area contributed by atoms with Crippen molar-refractivity contribution in [3.8, 4) is 0 Å². The molecule has 0 amide bonds. The molecule has 8 nitrogen and oxygen atoms in total. The molecule has 0 spiro atoms. The summed E-state index contributed by atoms with van der Waals surface area (Å²) in [6.45, 7) is 6.75. The number of aryl methyl sites for hydroxylation is 1. The van der Waals surface area contributed by atoms with Gasteiger partial charge in [0.1, 0.15) is 5.82 Å². The van der Waals surface area contributed by atoms with Crippen molar-refractivity contribution in [3.63, 3.8) is 0 Å². The zero-order valence-corrected chi connectivity index (χ0v) is 15.5. The number of pyridine rings is 1. The smallest absolute Gasteiger partial charge is 0.346 e. The quantitative estimate of drug-likeness (QED) is 0.605. The van der Waals surface area contributed by atoms with Crippen LogP contribution in [0.5, 0.6) is 0 Å². The standard InChI is InChI=1S/C13H24N2O6P2/c1-5-19-22(16,17)13(23(18,20-6-2)21-7-3)15-12-10-11(4)8-9-14-12/h8-10,13H,5-7H2,1-4H3,(H,14,15)(H,16,17). The molecule has 0 aliphatic carbocycles. The summed E-state index contributed by atoms with van der Waals surface area (Å²) in [6.07, 6.45) is 1.53. The normalized spacial score (nSPS) is 15.9. The Morgan fingerprint density at radius 3 is 2.22 bits per heavy atom. The third-order valence-corrected chi connectivity index (χ3v) is 7.80. The predicted molar refractivity (Wildman–Crippen MR) is 88.7 cm³/mol. The Bertz CT molecular complexity index is 588. The van der Waals surface area contributed by atoms with Gasteiger partial charge in [0.25, 0.3) is 0 Å². The van der Waals surface area contributed by atoms with Crippen LogP contribution in [0.15, 0.2) is 18.3 Å². The Labute approximate surface area is 136 Å². The van der Waals surface area contributed by atoms with Crippen LogP contribution in [0.3, 0.4) is 0 Å². The topological polar surface area (TPSA) is 107 Å². The van der Waals surface area contributed by atoms with Gasteiger partial charge in [-0.05, 0) is 45.4 Å². The van der Waals surface area contributed by atoms with Crippen LogP contribution in [0.4, 0.5) is 5.82 Å². The second-order valence-corrected chi connectivity index (χ2v) is 9.02. The lowest BCUT2D eigenvalue weighted by Crippen LogP contribution is -2.24. The summed E-state index contributed by atoms with van der Waals surface area (Å²) in [4.78, 5) is 14.3. The molecule has 132 valence electrons. The van der Waals surface area contributed by atoms with E-state index in [1.165, 1.54) is 6.20 Å². The lowest BCUT2D eigenvalue weighted by atomic mass is 10.3. The Morgan fingerprint density at radius 2 is 1.74 bits per heavy atom. The molecule has 0 aliphatic rings. The second kappa shape index (κ2) is 8.92. The van der Waals surface area contributed by atoms with Crippen molar-refractivity contribution in [2.24, 2.45) is 0 Å². The highest BCUT2D eigenvalue weighted by molar-refractivity contribution is 7.72. The number of anilines is 1. The average molecular weight is 366 g/mol. The first-order chi connectivity index (χ1) is 10.8. The highest BCUT2D eigenvalue weighted by atomic mass is 31.2. The van der Waals surface area contributed by atoms with Gasteiger partial charge in [-0.2, -0.15) is 0 Å². The zero-order chi connectivity index (χ0) is 17.5. The number of aromatic nitrogens is 1. The molecule has 2 unspecified atom stereocenters. The number of nitrogens with zero attached hydrogens (tertiary/aromatic N) is 1. The number of nitrogens with one attached hydrogen (secondary N) is 1. The zero-order valence-electron chi connectivity index (χ0n) is 13.8. The highest BCUT2D eigenvalue weighted by Gasteiger charge is 2.49. The van der Waals surface area contributed by atoms with E-state index >= 15 is 0 Å². The van der Waals surface area contributed by atoms with Gasteiger partial charge in [-0.1, -0.05) is 0 Å². The van der Waals surface area contributed by atoms with Crippen LogP contribution in [0.2, 0.25) is 0 Å². The summed E-state index contributed by atoms with van der Waals surface area (Å²) >= 11 is 0. The van der Waals surface area contributed by atoms with Gasteiger partial charge >= 0.3 is 15.2 Å². The monoisotopic (exact) mass is 366 g/mol. The molecule has 0 fully saturated rings. The summed E-state index contributed by atoms with van der Waals surface area (Å²) in [5.41, 5.74) is -0.683. The summed E-state index contributed by atoms with van der Waals surface area (Å²) in [5.74, 6) is 0.281. The molecule has 0 aromatic carbocycles. The molecule has 0 aliphatic heterocycles. The predicted octanol–water partition coefficient (Wildman–Crippen LogP) is 3.57. The van der Waals surface area contributed by atoms with E-state index in [9.17, 15) is 14.0 Å². The van der Waals surface area contributed by atoms with Gasteiger partial charge in [-0.3, -0.25) is 9.13 Å². The molecule has 0 bridgehead atoms. The molecule has 1 aromatic rings. The molecule has 1 heterocycles. The van der Waals surface area contributed by atoms with E-state index in [-0.39, 0.29) is 25.6 Å². The first-order valence-electron chi connectivity index (χ1n) is 7.34. The maximum Gasteiger partial charge on any atom is 0.365 e. The minimum absolute atomic E-state index is 0.0224. The van der Waals surface area contributed by atoms with Crippen molar-refractivity contribution in [2.45, 2.75) is 33.2 Å². The summed E-state index contributed by atoms with van der Waals surface area (Å²) in [7, 11) is -8.28. The van der Waals surface area contributed by atoms with Gasteiger partial charge in [-0.15, -0.1) is 0 Å². The van der Waals surface area contributed by atoms with E-state index in [1.807, 2.05) is 6.92 Å². The van der Waals surface area contributed by atoms with Gasteiger partial charge in [0.2, 0.25) is 5.52 Å². The molecule has 2 atom stereocenters. The maximum atomic E-state index is 13.0. The van der Waals surface area contributed by atoms with Crippen molar-refractivity contribution >= 4 is 21.0 Å². The lowest BCUT2D eigenvalue weighted by molar-refractivity contribution is 0.212. The molecule has 0 saturated carbocycles. The molecule has 1 aromatic heterocycles. The minimum Gasteiger partial charge on any atom is -0.346 e. The van der Waals surface area contributed by atoms with E-state index in [4.69, 9.17) is 13.6 Å². The number of hydrogen-bond donors (Lipinski definition) is 2. The minimum atomic E-state index is -4.33. The van der Waals surface area contributed by atoms with Crippen LogP contribution >= 0.6 is 15.2 Å². The van der Waals surface area contributed by atoms with E-state index in [0.29, 0.717) is 0 Å². The molecule has 2 N–H and O–H groups in total. The van der Waals surface area contributed by atoms with E-state index in [2.05, 4.69) is 10.3 Å². The molecule has 0 saturated heterocycles. The van der Waals surface area contributed by atoms with E-state index in [0.717, 1.165) is 5.56 Å². The molecular formula is C13H24N2O6P2. The SMILES string of the molecule is CCOP(=O)(O)C(Nc1cc(C)ccn1)P(=O)(OCC)OCC. The largest absolute Gasteiger partial charge is 0.365 e. The Balaban J connectivity index is 3.25. The number of hydrogen-bond acceptors (Lipinski definition) is 7. The lowest BCUT2D eigenvalue weighted by Gasteiger charge is -2.29. The third kappa shape index (κ3) is 5.68. The Morgan fingerprint density at radius 1 is 1.17 bits per heavy atom. The Hall–Kier alpha value is -0.750. The van der Waals surface area contributed by atoms with Crippen LogP contribution in [-0.4, -0.2) is 35.2 Å². The van der Waals surface area contributed by atoms with Crippen molar-refractivity contribution in [2.75, 3.05) is 25.1 Å². The second-order valence-electron chi connectivity index (χ2n) is 4.59. The maximum absolute atomic E-state index is 13.0. The number of rotatable bonds is 10. The van der Waals surface area contributed by atoms with Gasteiger partial charge in [-0.25, -0.2) is 4.98 Å². The average Bonchev–Trinajstić information content (AvgIpc) is 2.45. The van der Waals surface area contributed by atoms with Gasteiger partial charge in [0.05, 0.1) is 19.8 Å². The fourth-order valence-electron chi connectivity index (χ4n) is 1.88. The Kier molecular flexibility index (Phi) is 7.87. The molecular weight excluding hydrogens is 342 g/mol. The summed E-state index contributed by atoms with van der Waals surface area (Å²) in [6, 6.07) is 3.42. The van der Waals surface area contributed by atoms with Crippen LogP contribution in [0.25, 0.3) is 0 Å². The van der Waals surface area contributed by atoms with Crippen LogP contribution < -0.4 is 5.32 Å². The van der Waals surface area contributed by atoms with Crippen LogP contribution in [0.1, 0.15) is 26.3 Å². The fraction of sp³-hybridized carbons (Fsp3) is 0.615. The van der Waals surface area contributed by atoms with Crippen molar-refractivity contribution in [3.05, 3.63) is 23.9 Å². The first-order valence-corrected chi connectivity index (χ1v) is 10.6. The van der Waals surface area contributed by atoms with Crippen LogP contribution in [-0.2, 0) is 22.7 Å². The van der Waals surface area contributed by atoms with Crippen molar-refractivity contribution in [1.82, 2.24) is 4.98 Å². The highest BCUT2D eigenvalue weighted by Crippen LogP contribution is 2.67. The summed E-state index contributed by atoms with van der Waals surface area (Å²) < 4.78 is 40.8. The third-order valence-electron chi connectivity index (χ3n) is 2.73. The van der Waals surface area contributed by atoms with Crippen molar-refractivity contribution in [1.29, 1.82) is 0 Å². The molecule has 1 rings (SSSR count). The van der Waals surface area contributed by atoms with Gasteiger partial charge < -0.3 is 23.8 Å². The van der Waals surface area contributed by atoms with E-state index < -0.39 is 20.7 Å². The van der Waals surface area contributed by atoms with Crippen molar-refractivity contribution < 1.29 is 27.6 Å². The van der Waals surface area contributed by atoms with Gasteiger partial charge in [0, 0.05) is 6.20 Å². The molecule has 10 heteroatoms.